The van der Waals surface area contributed by atoms with Crippen LogP contribution in [0.15, 0.2) is 12.2 Å². The minimum Gasteiger partial charge on any atom is -0.462 e. The first kappa shape index (κ1) is 24.3. The van der Waals surface area contributed by atoms with E-state index >= 15 is 0 Å². The molecule has 0 radical (unpaired) electrons. The van der Waals surface area contributed by atoms with E-state index in [2.05, 4.69) is 13.5 Å². The molecule has 0 bridgehead atoms. The molecule has 0 spiro atoms. The van der Waals surface area contributed by atoms with Crippen molar-refractivity contribution in [3.63, 3.8) is 0 Å². The molecule has 0 saturated carbocycles. The predicted molar refractivity (Wildman–Crippen MR) is 103 cm³/mol. The van der Waals surface area contributed by atoms with E-state index in [0.29, 0.717) is 37.9 Å². The van der Waals surface area contributed by atoms with Gasteiger partial charge in [-0.05, 0) is 52.9 Å². The van der Waals surface area contributed by atoms with E-state index in [1.807, 2.05) is 20.8 Å². The van der Waals surface area contributed by atoms with Gasteiger partial charge in [-0.3, -0.25) is 0 Å². The lowest BCUT2D eigenvalue weighted by atomic mass is 9.95. The average molecular weight is 375 g/mol. The van der Waals surface area contributed by atoms with Crippen LogP contribution in [0.25, 0.3) is 0 Å². The summed E-state index contributed by atoms with van der Waals surface area (Å²) in [5, 5.41) is 0. The molecule has 0 N–H and O–H groups in total. The monoisotopic (exact) mass is 374 g/mol. The summed E-state index contributed by atoms with van der Waals surface area (Å²) in [6.07, 6.45) is 5.22. The molecule has 1 unspecified atom stereocenters. The third kappa shape index (κ3) is 10.8. The molecule has 0 aliphatic heterocycles. The molecule has 0 aromatic rings. The SMILES string of the molecule is C=C(C)C(=O)OCCCC(CCC)CC[Si](OCC)(OCC)OCC. The lowest BCUT2D eigenvalue weighted by Gasteiger charge is -2.30. The molecule has 0 aliphatic carbocycles. The lowest BCUT2D eigenvalue weighted by molar-refractivity contribution is -0.139. The fourth-order valence-electron chi connectivity index (χ4n) is 2.88. The highest BCUT2D eigenvalue weighted by Gasteiger charge is 2.40. The number of carbonyl (C=O) groups excluding carboxylic acids is 1. The van der Waals surface area contributed by atoms with E-state index < -0.39 is 8.80 Å². The van der Waals surface area contributed by atoms with E-state index in [9.17, 15) is 4.79 Å². The fraction of sp³-hybridized carbons (Fsp3) is 0.842. The number of ether oxygens (including phenoxy) is 1. The Morgan fingerprint density at radius 3 is 1.96 bits per heavy atom. The van der Waals surface area contributed by atoms with Crippen LogP contribution in [0.5, 0.6) is 0 Å². The van der Waals surface area contributed by atoms with Gasteiger partial charge in [0, 0.05) is 31.4 Å². The molecule has 0 aliphatic rings. The zero-order valence-corrected chi connectivity index (χ0v) is 17.9. The second kappa shape index (κ2) is 14.5. The number of hydrogen-bond acceptors (Lipinski definition) is 5. The van der Waals surface area contributed by atoms with E-state index in [0.717, 1.165) is 38.1 Å². The molecule has 25 heavy (non-hydrogen) atoms. The Bertz CT molecular complexity index is 356. The quantitative estimate of drug-likeness (QED) is 0.169. The van der Waals surface area contributed by atoms with Crippen LogP contribution < -0.4 is 0 Å². The van der Waals surface area contributed by atoms with E-state index in [1.54, 1.807) is 6.92 Å². The van der Waals surface area contributed by atoms with E-state index in [1.165, 1.54) is 0 Å². The van der Waals surface area contributed by atoms with Crippen LogP contribution in [0, 0.1) is 5.92 Å². The molecule has 148 valence electrons. The van der Waals surface area contributed by atoms with Crippen molar-refractivity contribution in [2.24, 2.45) is 5.92 Å². The highest BCUT2D eigenvalue weighted by atomic mass is 28.4. The highest BCUT2D eigenvalue weighted by molar-refractivity contribution is 6.60. The Labute approximate surface area is 155 Å². The van der Waals surface area contributed by atoms with Crippen molar-refractivity contribution in [2.75, 3.05) is 26.4 Å². The molecule has 0 aromatic heterocycles. The molecule has 0 rings (SSSR count). The zero-order valence-electron chi connectivity index (χ0n) is 16.9. The van der Waals surface area contributed by atoms with Crippen molar-refractivity contribution in [2.45, 2.75) is 72.8 Å². The predicted octanol–water partition coefficient (Wildman–Crippen LogP) is 4.74. The molecular weight excluding hydrogens is 336 g/mol. The third-order valence-corrected chi connectivity index (χ3v) is 7.07. The van der Waals surface area contributed by atoms with E-state index in [4.69, 9.17) is 18.0 Å². The summed E-state index contributed by atoms with van der Waals surface area (Å²) in [5.74, 6) is 0.268. The summed E-state index contributed by atoms with van der Waals surface area (Å²) in [4.78, 5) is 11.4. The van der Waals surface area contributed by atoms with Crippen LogP contribution in [-0.2, 0) is 22.8 Å². The number of carbonyl (C=O) groups is 1. The van der Waals surface area contributed by atoms with Gasteiger partial charge < -0.3 is 18.0 Å². The zero-order chi connectivity index (χ0) is 19.1. The van der Waals surface area contributed by atoms with Crippen molar-refractivity contribution in [3.05, 3.63) is 12.2 Å². The van der Waals surface area contributed by atoms with Crippen LogP contribution in [0.4, 0.5) is 0 Å². The van der Waals surface area contributed by atoms with Gasteiger partial charge in [0.1, 0.15) is 0 Å². The van der Waals surface area contributed by atoms with Crippen LogP contribution in [0.2, 0.25) is 6.04 Å². The summed E-state index contributed by atoms with van der Waals surface area (Å²) in [6, 6.07) is 0.846. The first-order valence-corrected chi connectivity index (χ1v) is 11.6. The molecular formula is C19H38O5Si. The van der Waals surface area contributed by atoms with Gasteiger partial charge in [-0.2, -0.15) is 0 Å². The Morgan fingerprint density at radius 1 is 0.960 bits per heavy atom. The third-order valence-electron chi connectivity index (χ3n) is 3.99. The molecule has 0 fully saturated rings. The van der Waals surface area contributed by atoms with Crippen LogP contribution in [0.1, 0.15) is 66.7 Å². The smallest absolute Gasteiger partial charge is 0.462 e. The van der Waals surface area contributed by atoms with Gasteiger partial charge in [-0.1, -0.05) is 26.3 Å². The lowest BCUT2D eigenvalue weighted by Crippen LogP contribution is -2.46. The Morgan fingerprint density at radius 2 is 1.52 bits per heavy atom. The Kier molecular flexibility index (Phi) is 14.1. The van der Waals surface area contributed by atoms with Crippen molar-refractivity contribution >= 4 is 14.8 Å². The minimum absolute atomic E-state index is 0.303. The summed E-state index contributed by atoms with van der Waals surface area (Å²) < 4.78 is 23.0. The summed E-state index contributed by atoms with van der Waals surface area (Å²) in [5.41, 5.74) is 0.450. The van der Waals surface area contributed by atoms with E-state index in [-0.39, 0.29) is 5.97 Å². The first-order chi connectivity index (χ1) is 11.9. The molecule has 1 atom stereocenters. The minimum atomic E-state index is -2.56. The van der Waals surface area contributed by atoms with Crippen LogP contribution >= 0.6 is 0 Å². The van der Waals surface area contributed by atoms with Gasteiger partial charge in [0.05, 0.1) is 6.61 Å². The normalized spacial score (nSPS) is 12.8. The molecule has 6 heteroatoms. The maximum absolute atomic E-state index is 11.4. The second-order valence-electron chi connectivity index (χ2n) is 6.23. The fourth-order valence-corrected chi connectivity index (χ4v) is 5.65. The van der Waals surface area contributed by atoms with Crippen molar-refractivity contribution in [1.82, 2.24) is 0 Å². The van der Waals surface area contributed by atoms with Crippen molar-refractivity contribution in [1.29, 1.82) is 0 Å². The second-order valence-corrected chi connectivity index (χ2v) is 8.97. The molecule has 0 heterocycles. The van der Waals surface area contributed by atoms with Gasteiger partial charge in [0.15, 0.2) is 0 Å². The van der Waals surface area contributed by atoms with Gasteiger partial charge in [-0.15, -0.1) is 0 Å². The molecule has 0 saturated heterocycles. The molecule has 5 nitrogen and oxygen atoms in total. The maximum atomic E-state index is 11.4. The number of rotatable bonds is 16. The van der Waals surface area contributed by atoms with Crippen molar-refractivity contribution in [3.8, 4) is 0 Å². The average Bonchev–Trinajstić information content (AvgIpc) is 2.56. The van der Waals surface area contributed by atoms with Gasteiger partial charge >= 0.3 is 14.8 Å². The summed E-state index contributed by atoms with van der Waals surface area (Å²) in [7, 11) is -2.56. The van der Waals surface area contributed by atoms with Crippen LogP contribution in [-0.4, -0.2) is 41.2 Å². The number of esters is 1. The molecule has 0 aromatic carbocycles. The Hall–Kier alpha value is -0.693. The first-order valence-electron chi connectivity index (χ1n) is 9.69. The summed E-state index contributed by atoms with van der Waals surface area (Å²) in [6.45, 7) is 15.7. The number of hydrogen-bond donors (Lipinski definition) is 0. The van der Waals surface area contributed by atoms with Crippen molar-refractivity contribution < 1.29 is 22.8 Å². The van der Waals surface area contributed by atoms with Gasteiger partial charge in [0.25, 0.3) is 0 Å². The standard InChI is InChI=1S/C19H38O5Si/c1-7-12-18(13-11-15-21-19(20)17(5)6)14-16-25(22-8-2,23-9-3)24-10-4/h18H,5,7-16H2,1-4,6H3. The summed E-state index contributed by atoms with van der Waals surface area (Å²) >= 11 is 0. The maximum Gasteiger partial charge on any atom is 0.500 e. The Balaban J connectivity index is 4.50. The topological polar surface area (TPSA) is 54.0 Å². The molecule has 0 amide bonds. The van der Waals surface area contributed by atoms with Crippen LogP contribution in [0.3, 0.4) is 0 Å². The van der Waals surface area contributed by atoms with Gasteiger partial charge in [0.2, 0.25) is 0 Å². The largest absolute Gasteiger partial charge is 0.500 e. The highest BCUT2D eigenvalue weighted by Crippen LogP contribution is 2.26. The van der Waals surface area contributed by atoms with Gasteiger partial charge in [-0.25, -0.2) is 4.79 Å².